The van der Waals surface area contributed by atoms with Gasteiger partial charge in [0.1, 0.15) is 4.70 Å². The molecular formula is C25H23ClN4O2S. The van der Waals surface area contributed by atoms with Gasteiger partial charge in [0.05, 0.1) is 17.1 Å². The summed E-state index contributed by atoms with van der Waals surface area (Å²) in [6, 6.07) is 16.8. The third-order valence-corrected chi connectivity index (χ3v) is 7.05. The van der Waals surface area contributed by atoms with Gasteiger partial charge >= 0.3 is 0 Å². The smallest absolute Gasteiger partial charge is 0.277 e. The van der Waals surface area contributed by atoms with Crippen LogP contribution in [0.1, 0.15) is 18.4 Å². The number of aromatic nitrogens is 2. The van der Waals surface area contributed by atoms with Crippen molar-refractivity contribution in [1.82, 2.24) is 9.55 Å². The van der Waals surface area contributed by atoms with Gasteiger partial charge in [-0.25, -0.2) is 9.55 Å². The lowest BCUT2D eigenvalue weighted by atomic mass is 9.97. The van der Waals surface area contributed by atoms with E-state index < -0.39 is 0 Å². The Labute approximate surface area is 200 Å². The molecule has 1 atom stereocenters. The minimum absolute atomic E-state index is 0.0388. The molecule has 0 spiro atoms. The number of anilines is 2. The fourth-order valence-corrected chi connectivity index (χ4v) is 5.15. The number of thiophene rings is 1. The fraction of sp³-hybridized carbons (Fsp3) is 0.240. The second-order valence-corrected chi connectivity index (χ2v) is 9.66. The Morgan fingerprint density at radius 3 is 2.79 bits per heavy atom. The van der Waals surface area contributed by atoms with E-state index in [1.165, 1.54) is 11.3 Å². The van der Waals surface area contributed by atoms with Crippen LogP contribution in [0.4, 0.5) is 11.6 Å². The molecule has 1 amide bonds. The van der Waals surface area contributed by atoms with Gasteiger partial charge in [0.15, 0.2) is 0 Å². The number of benzene rings is 2. The van der Waals surface area contributed by atoms with E-state index >= 15 is 0 Å². The normalized spacial score (nSPS) is 16.2. The van der Waals surface area contributed by atoms with Crippen LogP contribution >= 0.6 is 22.9 Å². The maximum atomic E-state index is 13.5. The first kappa shape index (κ1) is 21.7. The second-order valence-electron chi connectivity index (χ2n) is 8.31. The highest BCUT2D eigenvalue weighted by Gasteiger charge is 2.29. The van der Waals surface area contributed by atoms with Crippen LogP contribution in [-0.2, 0) is 4.79 Å². The number of hydrogen-bond acceptors (Lipinski definition) is 5. The highest BCUT2D eigenvalue weighted by Crippen LogP contribution is 2.27. The summed E-state index contributed by atoms with van der Waals surface area (Å²) in [4.78, 5) is 33.4. The third kappa shape index (κ3) is 4.38. The third-order valence-electron chi connectivity index (χ3n) is 5.91. The number of fused-ring (bicyclic) bond motifs is 1. The van der Waals surface area contributed by atoms with Crippen molar-refractivity contribution in [2.75, 3.05) is 23.3 Å². The molecule has 1 aliphatic heterocycles. The number of piperidine rings is 1. The average Bonchev–Trinajstić information content (AvgIpc) is 3.30. The predicted octanol–water partition coefficient (Wildman–Crippen LogP) is 5.26. The van der Waals surface area contributed by atoms with Crippen LogP contribution in [0.2, 0.25) is 5.02 Å². The number of amides is 1. The summed E-state index contributed by atoms with van der Waals surface area (Å²) in [6.45, 7) is 3.23. The van der Waals surface area contributed by atoms with Crippen molar-refractivity contribution in [2.45, 2.75) is 19.8 Å². The van der Waals surface area contributed by atoms with Gasteiger partial charge in [-0.3, -0.25) is 9.59 Å². The highest BCUT2D eigenvalue weighted by atomic mass is 35.5. The number of carbonyl (C=O) groups excluding carboxylic acids is 1. The summed E-state index contributed by atoms with van der Waals surface area (Å²) < 4.78 is 2.32. The lowest BCUT2D eigenvalue weighted by Crippen LogP contribution is -2.43. The monoisotopic (exact) mass is 478 g/mol. The Morgan fingerprint density at radius 1 is 1.18 bits per heavy atom. The molecule has 168 valence electrons. The average molecular weight is 479 g/mol. The molecule has 8 heteroatoms. The Balaban J connectivity index is 1.49. The first-order valence-corrected chi connectivity index (χ1v) is 12.1. The van der Waals surface area contributed by atoms with E-state index in [4.69, 9.17) is 16.6 Å². The van der Waals surface area contributed by atoms with E-state index in [2.05, 4.69) is 10.2 Å². The zero-order chi connectivity index (χ0) is 22.9. The number of nitrogens with one attached hydrogen (secondary N) is 1. The van der Waals surface area contributed by atoms with Crippen molar-refractivity contribution in [3.05, 3.63) is 80.9 Å². The van der Waals surface area contributed by atoms with E-state index in [0.29, 0.717) is 27.7 Å². The summed E-state index contributed by atoms with van der Waals surface area (Å²) in [6.07, 6.45) is 1.62. The molecule has 1 fully saturated rings. The van der Waals surface area contributed by atoms with Gasteiger partial charge in [-0.2, -0.15) is 0 Å². The van der Waals surface area contributed by atoms with Gasteiger partial charge in [0.25, 0.3) is 5.56 Å². The summed E-state index contributed by atoms with van der Waals surface area (Å²) in [5, 5.41) is 5.51. The molecule has 0 aliphatic carbocycles. The van der Waals surface area contributed by atoms with Gasteiger partial charge in [-0.05, 0) is 73.2 Å². The number of carbonyl (C=O) groups is 1. The highest BCUT2D eigenvalue weighted by molar-refractivity contribution is 7.17. The molecule has 2 aromatic carbocycles. The molecule has 33 heavy (non-hydrogen) atoms. The van der Waals surface area contributed by atoms with Crippen LogP contribution in [0.15, 0.2) is 64.8 Å². The minimum atomic E-state index is -0.213. The Bertz CT molecular complexity index is 1380. The molecular weight excluding hydrogens is 456 g/mol. The summed E-state index contributed by atoms with van der Waals surface area (Å²) in [7, 11) is 0. The molecule has 6 nitrogen and oxygen atoms in total. The lowest BCUT2D eigenvalue weighted by Gasteiger charge is -2.34. The van der Waals surface area contributed by atoms with Crippen LogP contribution in [0, 0.1) is 12.8 Å². The van der Waals surface area contributed by atoms with Crippen molar-refractivity contribution in [1.29, 1.82) is 0 Å². The van der Waals surface area contributed by atoms with Crippen molar-refractivity contribution >= 4 is 50.7 Å². The number of aryl methyl sites for hydroxylation is 1. The molecule has 0 saturated carbocycles. The maximum Gasteiger partial charge on any atom is 0.277 e. The van der Waals surface area contributed by atoms with E-state index in [9.17, 15) is 9.59 Å². The molecule has 1 aliphatic rings. The van der Waals surface area contributed by atoms with E-state index in [1.807, 2.05) is 42.6 Å². The number of hydrogen-bond donors (Lipinski definition) is 1. The topological polar surface area (TPSA) is 67.2 Å². The zero-order valence-corrected chi connectivity index (χ0v) is 19.7. The van der Waals surface area contributed by atoms with Crippen LogP contribution in [0.25, 0.3) is 15.9 Å². The van der Waals surface area contributed by atoms with E-state index in [1.54, 1.807) is 28.8 Å². The first-order chi connectivity index (χ1) is 16.0. The number of rotatable bonds is 4. The SMILES string of the molecule is Cc1cccc(-n2c(N3CCCC(C(=O)Nc4ccc(Cl)cc4)C3)nc3ccsc3c2=O)c1. The van der Waals surface area contributed by atoms with Gasteiger partial charge in [-0.15, -0.1) is 11.3 Å². The lowest BCUT2D eigenvalue weighted by molar-refractivity contribution is -0.120. The van der Waals surface area contributed by atoms with Crippen LogP contribution in [0.5, 0.6) is 0 Å². The van der Waals surface area contributed by atoms with Gasteiger partial charge in [-0.1, -0.05) is 23.7 Å². The van der Waals surface area contributed by atoms with Crippen LogP contribution in [0.3, 0.4) is 0 Å². The number of halogens is 1. The van der Waals surface area contributed by atoms with Crippen molar-refractivity contribution < 1.29 is 4.79 Å². The summed E-state index contributed by atoms with van der Waals surface area (Å²) in [5.74, 6) is 0.332. The second kappa shape index (κ2) is 9.00. The Hall–Kier alpha value is -3.16. The molecule has 1 unspecified atom stereocenters. The van der Waals surface area contributed by atoms with Gasteiger partial charge in [0.2, 0.25) is 11.9 Å². The molecule has 3 heterocycles. The van der Waals surface area contributed by atoms with Gasteiger partial charge < -0.3 is 10.2 Å². The van der Waals surface area contributed by atoms with Crippen molar-refractivity contribution in [3.63, 3.8) is 0 Å². The Kier molecular flexibility index (Phi) is 5.91. The van der Waals surface area contributed by atoms with Crippen LogP contribution in [-0.4, -0.2) is 28.5 Å². The molecule has 4 aromatic rings. The van der Waals surface area contributed by atoms with E-state index in [-0.39, 0.29) is 17.4 Å². The molecule has 2 aromatic heterocycles. The van der Waals surface area contributed by atoms with Crippen molar-refractivity contribution in [2.24, 2.45) is 5.92 Å². The maximum absolute atomic E-state index is 13.5. The first-order valence-electron chi connectivity index (χ1n) is 10.9. The number of nitrogens with zero attached hydrogens (tertiary/aromatic N) is 3. The zero-order valence-electron chi connectivity index (χ0n) is 18.1. The van der Waals surface area contributed by atoms with Crippen LogP contribution < -0.4 is 15.8 Å². The fourth-order valence-electron chi connectivity index (χ4n) is 4.26. The standard InChI is InChI=1S/C25H23ClN4O2S/c1-16-4-2-6-20(14-16)30-24(32)22-21(11-13-33-22)28-25(30)29-12-3-5-17(15-29)23(31)27-19-9-7-18(26)8-10-19/h2,4,6-11,13-14,17H,3,5,12,15H2,1H3,(H,27,31). The quantitative estimate of drug-likeness (QED) is 0.434. The Morgan fingerprint density at radius 2 is 2.00 bits per heavy atom. The van der Waals surface area contributed by atoms with E-state index in [0.717, 1.165) is 36.3 Å². The molecule has 0 bridgehead atoms. The molecule has 5 rings (SSSR count). The molecule has 0 radical (unpaired) electrons. The van der Waals surface area contributed by atoms with Crippen molar-refractivity contribution in [3.8, 4) is 5.69 Å². The van der Waals surface area contributed by atoms with Gasteiger partial charge in [0, 0.05) is 23.8 Å². The minimum Gasteiger partial charge on any atom is -0.341 e. The molecule has 1 N–H and O–H groups in total. The predicted molar refractivity (Wildman–Crippen MR) is 135 cm³/mol. The molecule has 1 saturated heterocycles. The summed E-state index contributed by atoms with van der Waals surface area (Å²) >= 11 is 7.35. The largest absolute Gasteiger partial charge is 0.341 e. The summed E-state index contributed by atoms with van der Waals surface area (Å²) in [5.41, 5.74) is 3.18.